The highest BCUT2D eigenvalue weighted by atomic mass is 16.1. The first-order valence-corrected chi connectivity index (χ1v) is 3.68. The highest BCUT2D eigenvalue weighted by Gasteiger charge is 1.89. The van der Waals surface area contributed by atoms with Crippen LogP contribution in [-0.2, 0) is 4.79 Å². The summed E-state index contributed by atoms with van der Waals surface area (Å²) < 4.78 is 0. The molecule has 0 aliphatic rings. The molecule has 1 amide bonds. The Bertz CT molecular complexity index is 376. The molecule has 4 N–H and O–H groups in total. The SMILES string of the molecule is NC(=O)CC#Cc1cccc(N)n1. The van der Waals surface area contributed by atoms with Crippen molar-refractivity contribution in [2.75, 3.05) is 5.73 Å². The smallest absolute Gasteiger partial charge is 0.229 e. The fourth-order valence-electron chi connectivity index (χ4n) is 0.743. The van der Waals surface area contributed by atoms with Crippen molar-refractivity contribution in [3.8, 4) is 11.8 Å². The van der Waals surface area contributed by atoms with E-state index in [4.69, 9.17) is 11.5 Å². The number of hydrogen-bond acceptors (Lipinski definition) is 3. The van der Waals surface area contributed by atoms with Gasteiger partial charge in [0.2, 0.25) is 5.91 Å². The molecule has 0 aromatic carbocycles. The standard InChI is InChI=1S/C9H9N3O/c10-8-5-1-3-7(12-8)4-2-6-9(11)13/h1,3,5H,6H2,(H2,10,12)(H2,11,13). The van der Waals surface area contributed by atoms with Gasteiger partial charge in [-0.3, -0.25) is 4.79 Å². The normalized spacial score (nSPS) is 8.62. The first-order chi connectivity index (χ1) is 6.18. The van der Waals surface area contributed by atoms with Crippen molar-refractivity contribution in [3.63, 3.8) is 0 Å². The summed E-state index contributed by atoms with van der Waals surface area (Å²) in [5, 5.41) is 0. The number of pyridine rings is 1. The van der Waals surface area contributed by atoms with Gasteiger partial charge in [-0.1, -0.05) is 12.0 Å². The lowest BCUT2D eigenvalue weighted by atomic mass is 10.3. The van der Waals surface area contributed by atoms with E-state index in [0.29, 0.717) is 11.5 Å². The molecule has 0 aliphatic heterocycles. The average molecular weight is 175 g/mol. The summed E-state index contributed by atoms with van der Waals surface area (Å²) in [7, 11) is 0. The van der Waals surface area contributed by atoms with E-state index in [2.05, 4.69) is 16.8 Å². The molecule has 0 saturated heterocycles. The number of nitrogens with zero attached hydrogens (tertiary/aromatic N) is 1. The van der Waals surface area contributed by atoms with Crippen molar-refractivity contribution in [2.24, 2.45) is 5.73 Å². The summed E-state index contributed by atoms with van der Waals surface area (Å²) in [6.07, 6.45) is 0.0382. The number of aromatic nitrogens is 1. The zero-order chi connectivity index (χ0) is 9.68. The minimum absolute atomic E-state index is 0.0382. The van der Waals surface area contributed by atoms with Gasteiger partial charge in [-0.05, 0) is 18.1 Å². The van der Waals surface area contributed by atoms with Crippen LogP contribution >= 0.6 is 0 Å². The van der Waals surface area contributed by atoms with Gasteiger partial charge in [0.1, 0.15) is 11.5 Å². The molecular formula is C9H9N3O. The van der Waals surface area contributed by atoms with Crippen molar-refractivity contribution in [1.82, 2.24) is 4.98 Å². The van der Waals surface area contributed by atoms with Crippen LogP contribution in [0.2, 0.25) is 0 Å². The summed E-state index contributed by atoms with van der Waals surface area (Å²) in [4.78, 5) is 14.3. The number of carbonyl (C=O) groups is 1. The molecule has 1 heterocycles. The van der Waals surface area contributed by atoms with Crippen LogP contribution in [0.25, 0.3) is 0 Å². The maximum atomic E-state index is 10.3. The van der Waals surface area contributed by atoms with Crippen LogP contribution in [0.5, 0.6) is 0 Å². The van der Waals surface area contributed by atoms with Crippen LogP contribution in [0, 0.1) is 11.8 Å². The van der Waals surface area contributed by atoms with Crippen LogP contribution in [0.3, 0.4) is 0 Å². The second kappa shape index (κ2) is 4.12. The molecule has 0 aliphatic carbocycles. The maximum Gasteiger partial charge on any atom is 0.229 e. The van der Waals surface area contributed by atoms with Crippen molar-refractivity contribution >= 4 is 11.7 Å². The third-order valence-electron chi connectivity index (χ3n) is 1.25. The maximum absolute atomic E-state index is 10.3. The Morgan fingerprint density at radius 1 is 1.54 bits per heavy atom. The fraction of sp³-hybridized carbons (Fsp3) is 0.111. The van der Waals surface area contributed by atoms with Gasteiger partial charge in [0, 0.05) is 0 Å². The van der Waals surface area contributed by atoms with Crippen LogP contribution < -0.4 is 11.5 Å². The van der Waals surface area contributed by atoms with E-state index in [-0.39, 0.29) is 6.42 Å². The van der Waals surface area contributed by atoms with Crippen LogP contribution in [0.1, 0.15) is 12.1 Å². The van der Waals surface area contributed by atoms with E-state index in [9.17, 15) is 4.79 Å². The molecule has 66 valence electrons. The van der Waals surface area contributed by atoms with Crippen molar-refractivity contribution < 1.29 is 4.79 Å². The summed E-state index contributed by atoms with van der Waals surface area (Å²) in [5.74, 6) is 5.22. The van der Waals surface area contributed by atoms with Gasteiger partial charge in [0.05, 0.1) is 6.42 Å². The zero-order valence-corrected chi connectivity index (χ0v) is 6.95. The quantitative estimate of drug-likeness (QED) is 0.584. The fourth-order valence-corrected chi connectivity index (χ4v) is 0.743. The van der Waals surface area contributed by atoms with Crippen molar-refractivity contribution in [3.05, 3.63) is 23.9 Å². The number of amides is 1. The van der Waals surface area contributed by atoms with Crippen molar-refractivity contribution in [2.45, 2.75) is 6.42 Å². The number of nitrogens with two attached hydrogens (primary N) is 2. The zero-order valence-electron chi connectivity index (χ0n) is 6.95. The number of nitrogen functional groups attached to an aromatic ring is 1. The van der Waals surface area contributed by atoms with Gasteiger partial charge >= 0.3 is 0 Å². The highest BCUT2D eigenvalue weighted by Crippen LogP contribution is 1.97. The molecule has 4 nitrogen and oxygen atoms in total. The minimum Gasteiger partial charge on any atom is -0.384 e. The van der Waals surface area contributed by atoms with Gasteiger partial charge in [-0.25, -0.2) is 4.98 Å². The topological polar surface area (TPSA) is 82.0 Å². The lowest BCUT2D eigenvalue weighted by Crippen LogP contribution is -2.08. The number of carbonyl (C=O) groups excluding carboxylic acids is 1. The molecule has 1 rings (SSSR count). The average Bonchev–Trinajstić information content (AvgIpc) is 2.03. The number of rotatable bonds is 1. The summed E-state index contributed by atoms with van der Waals surface area (Å²) in [5.41, 5.74) is 10.9. The summed E-state index contributed by atoms with van der Waals surface area (Å²) in [6, 6.07) is 5.13. The largest absolute Gasteiger partial charge is 0.384 e. The molecule has 1 aromatic rings. The summed E-state index contributed by atoms with van der Waals surface area (Å²) in [6.45, 7) is 0. The second-order valence-electron chi connectivity index (χ2n) is 2.39. The molecule has 0 unspecified atom stereocenters. The Morgan fingerprint density at radius 2 is 2.31 bits per heavy atom. The van der Waals surface area contributed by atoms with Gasteiger partial charge in [0.25, 0.3) is 0 Å². The monoisotopic (exact) mass is 175 g/mol. The van der Waals surface area contributed by atoms with Crippen LogP contribution in [-0.4, -0.2) is 10.9 Å². The van der Waals surface area contributed by atoms with Crippen molar-refractivity contribution in [1.29, 1.82) is 0 Å². The Balaban J connectivity index is 2.72. The van der Waals surface area contributed by atoms with E-state index in [1.807, 2.05) is 0 Å². The highest BCUT2D eigenvalue weighted by molar-refractivity contribution is 5.76. The molecule has 0 saturated carbocycles. The van der Waals surface area contributed by atoms with Gasteiger partial charge in [-0.15, -0.1) is 0 Å². The Hall–Kier alpha value is -2.02. The molecule has 0 fully saturated rings. The number of hydrogen-bond donors (Lipinski definition) is 2. The molecule has 0 bridgehead atoms. The minimum atomic E-state index is -0.448. The third-order valence-corrected chi connectivity index (χ3v) is 1.25. The van der Waals surface area contributed by atoms with E-state index in [1.165, 1.54) is 0 Å². The number of anilines is 1. The molecule has 0 radical (unpaired) electrons. The van der Waals surface area contributed by atoms with Crippen LogP contribution in [0.15, 0.2) is 18.2 Å². The van der Waals surface area contributed by atoms with E-state index >= 15 is 0 Å². The first kappa shape index (κ1) is 9.07. The Labute approximate surface area is 76.0 Å². The van der Waals surface area contributed by atoms with E-state index in [0.717, 1.165) is 0 Å². The number of primary amides is 1. The second-order valence-corrected chi connectivity index (χ2v) is 2.39. The molecular weight excluding hydrogens is 166 g/mol. The lowest BCUT2D eigenvalue weighted by molar-refractivity contribution is -0.117. The molecule has 0 atom stereocenters. The summed E-state index contributed by atoms with van der Waals surface area (Å²) >= 11 is 0. The molecule has 1 aromatic heterocycles. The first-order valence-electron chi connectivity index (χ1n) is 3.68. The predicted molar refractivity (Wildman–Crippen MR) is 49.3 cm³/mol. The lowest BCUT2D eigenvalue weighted by Gasteiger charge is -1.90. The Morgan fingerprint density at radius 3 is 2.92 bits per heavy atom. The van der Waals surface area contributed by atoms with Gasteiger partial charge in [0.15, 0.2) is 0 Å². The molecule has 0 spiro atoms. The van der Waals surface area contributed by atoms with E-state index in [1.54, 1.807) is 18.2 Å². The molecule has 13 heavy (non-hydrogen) atoms. The predicted octanol–water partition coefficient (Wildman–Crippen LogP) is -0.109. The van der Waals surface area contributed by atoms with Gasteiger partial charge < -0.3 is 11.5 Å². The Kier molecular flexibility index (Phi) is 2.87. The van der Waals surface area contributed by atoms with E-state index < -0.39 is 5.91 Å². The molecule has 4 heteroatoms. The van der Waals surface area contributed by atoms with Crippen LogP contribution in [0.4, 0.5) is 5.82 Å². The third kappa shape index (κ3) is 3.25. The van der Waals surface area contributed by atoms with Gasteiger partial charge in [-0.2, -0.15) is 0 Å².